The molecule has 0 aliphatic carbocycles. The summed E-state index contributed by atoms with van der Waals surface area (Å²) in [6, 6.07) is 22.2. The molecule has 3 aromatic rings. The molecule has 0 saturated carbocycles. The van der Waals surface area contributed by atoms with E-state index in [-0.39, 0.29) is 5.75 Å². The van der Waals surface area contributed by atoms with Crippen LogP contribution in [0.2, 0.25) is 0 Å². The van der Waals surface area contributed by atoms with Crippen molar-refractivity contribution in [3.63, 3.8) is 0 Å². The fourth-order valence-electron chi connectivity index (χ4n) is 3.90. The highest BCUT2D eigenvalue weighted by Crippen LogP contribution is 2.22. The predicted molar refractivity (Wildman–Crippen MR) is 160 cm³/mol. The van der Waals surface area contributed by atoms with Gasteiger partial charge in [0.15, 0.2) is 6.29 Å². The maximum atomic E-state index is 13.2. The van der Waals surface area contributed by atoms with Gasteiger partial charge in [0.25, 0.3) is 0 Å². The van der Waals surface area contributed by atoms with E-state index in [2.05, 4.69) is 6.58 Å². The maximum absolute atomic E-state index is 13.2. The van der Waals surface area contributed by atoms with E-state index in [9.17, 15) is 9.90 Å². The molecule has 0 aliphatic heterocycles. The minimum Gasteiger partial charge on any atom is -0.508 e. The Morgan fingerprint density at radius 3 is 2.00 bits per heavy atom. The van der Waals surface area contributed by atoms with Crippen LogP contribution in [0.1, 0.15) is 49.9 Å². The molecule has 0 heterocycles. The molecule has 2 unspecified atom stereocenters. The molecule has 0 aromatic heterocycles. The molecule has 210 valence electrons. The first-order valence-corrected chi connectivity index (χ1v) is 13.3. The summed E-state index contributed by atoms with van der Waals surface area (Å²) in [6.07, 6.45) is 8.06. The Kier molecular flexibility index (Phi) is 11.3. The Hall–Kier alpha value is -4.13. The van der Waals surface area contributed by atoms with Crippen molar-refractivity contribution in [1.82, 2.24) is 0 Å². The number of phenolic OH excluding ortho intramolecular Hbond substituents is 1. The Bertz CT molecular complexity index is 1270. The lowest BCUT2D eigenvalue weighted by atomic mass is 9.97. The standard InChI is InChI=1S/C34H38O6/c1-6-26-12-14-29(15-13-26)24-34(4,5)40-32(36)33(38-25(3)37-7-2)39-31-22-18-28(19-23-31)11-9-8-10-27-16-20-30(35)21-17-27/h6,8-23,25,33,35H,1,7,24H2,2-5H3. The van der Waals surface area contributed by atoms with E-state index in [0.717, 1.165) is 22.3 Å². The van der Waals surface area contributed by atoms with Gasteiger partial charge in [-0.05, 0) is 74.2 Å². The molecule has 40 heavy (non-hydrogen) atoms. The number of esters is 1. The van der Waals surface area contributed by atoms with Gasteiger partial charge in [0, 0.05) is 13.0 Å². The molecule has 2 atom stereocenters. The number of hydrogen-bond acceptors (Lipinski definition) is 6. The van der Waals surface area contributed by atoms with Gasteiger partial charge in [0.2, 0.25) is 0 Å². The number of hydrogen-bond donors (Lipinski definition) is 1. The largest absolute Gasteiger partial charge is 0.508 e. The van der Waals surface area contributed by atoms with Crippen LogP contribution in [0.3, 0.4) is 0 Å². The van der Waals surface area contributed by atoms with Crippen molar-refractivity contribution in [1.29, 1.82) is 0 Å². The van der Waals surface area contributed by atoms with Gasteiger partial charge < -0.3 is 24.1 Å². The lowest BCUT2D eigenvalue weighted by Crippen LogP contribution is -2.41. The highest BCUT2D eigenvalue weighted by Gasteiger charge is 2.32. The van der Waals surface area contributed by atoms with Crippen molar-refractivity contribution >= 4 is 24.2 Å². The first kappa shape index (κ1) is 30.4. The van der Waals surface area contributed by atoms with Crippen molar-refractivity contribution in [2.24, 2.45) is 0 Å². The van der Waals surface area contributed by atoms with Crippen molar-refractivity contribution in [2.45, 2.75) is 52.3 Å². The van der Waals surface area contributed by atoms with Gasteiger partial charge in [-0.3, -0.25) is 0 Å². The number of benzene rings is 3. The molecule has 3 rings (SSSR count). The topological polar surface area (TPSA) is 74.2 Å². The molecule has 0 amide bonds. The predicted octanol–water partition coefficient (Wildman–Crippen LogP) is 7.43. The quantitative estimate of drug-likeness (QED) is 0.130. The average molecular weight is 543 g/mol. The van der Waals surface area contributed by atoms with E-state index < -0.39 is 24.2 Å². The van der Waals surface area contributed by atoms with E-state index in [1.165, 1.54) is 0 Å². The Morgan fingerprint density at radius 2 is 1.45 bits per heavy atom. The summed E-state index contributed by atoms with van der Waals surface area (Å²) < 4.78 is 23.0. The van der Waals surface area contributed by atoms with Crippen LogP contribution >= 0.6 is 0 Å². The monoisotopic (exact) mass is 542 g/mol. The molecule has 0 spiro atoms. The molecule has 0 bridgehead atoms. The molecule has 6 nitrogen and oxygen atoms in total. The van der Waals surface area contributed by atoms with Crippen LogP contribution in [0.25, 0.3) is 18.2 Å². The Labute approximate surface area is 237 Å². The lowest BCUT2D eigenvalue weighted by molar-refractivity contribution is -0.230. The number of phenols is 1. The van der Waals surface area contributed by atoms with E-state index >= 15 is 0 Å². The second-order valence-corrected chi connectivity index (χ2v) is 9.79. The van der Waals surface area contributed by atoms with Crippen LogP contribution in [-0.2, 0) is 25.4 Å². The van der Waals surface area contributed by atoms with Gasteiger partial charge in [-0.15, -0.1) is 0 Å². The first-order chi connectivity index (χ1) is 19.2. The van der Waals surface area contributed by atoms with Gasteiger partial charge in [-0.25, -0.2) is 4.79 Å². The van der Waals surface area contributed by atoms with Crippen LogP contribution < -0.4 is 4.74 Å². The van der Waals surface area contributed by atoms with Crippen LogP contribution in [-0.4, -0.2) is 35.9 Å². The second-order valence-electron chi connectivity index (χ2n) is 9.79. The summed E-state index contributed by atoms with van der Waals surface area (Å²) in [5.74, 6) is 0.0598. The second kappa shape index (κ2) is 14.9. The molecule has 1 N–H and O–H groups in total. The van der Waals surface area contributed by atoms with Crippen LogP contribution in [0.4, 0.5) is 0 Å². The summed E-state index contributed by atoms with van der Waals surface area (Å²) in [5.41, 5.74) is 3.20. The molecule has 6 heteroatoms. The zero-order valence-electron chi connectivity index (χ0n) is 23.6. The molecule has 0 radical (unpaired) electrons. The maximum Gasteiger partial charge on any atom is 0.376 e. The van der Waals surface area contributed by atoms with E-state index in [1.54, 1.807) is 37.3 Å². The van der Waals surface area contributed by atoms with Gasteiger partial charge in [0.05, 0.1) is 0 Å². The third-order valence-electron chi connectivity index (χ3n) is 5.84. The fraction of sp³-hybridized carbons (Fsp3) is 0.265. The number of carbonyl (C=O) groups excluding carboxylic acids is 1. The van der Waals surface area contributed by atoms with Crippen molar-refractivity contribution < 1.29 is 28.8 Å². The minimum atomic E-state index is -1.31. The van der Waals surface area contributed by atoms with Gasteiger partial charge in [-0.1, -0.05) is 85.5 Å². The van der Waals surface area contributed by atoms with E-state index in [1.807, 2.05) is 93.6 Å². The van der Waals surface area contributed by atoms with Gasteiger partial charge >= 0.3 is 12.3 Å². The highest BCUT2D eigenvalue weighted by molar-refractivity contribution is 5.74. The minimum absolute atomic E-state index is 0.238. The third kappa shape index (κ3) is 10.2. The smallest absolute Gasteiger partial charge is 0.376 e. The van der Waals surface area contributed by atoms with Crippen molar-refractivity contribution in [3.05, 3.63) is 114 Å². The summed E-state index contributed by atoms with van der Waals surface area (Å²) in [7, 11) is 0. The lowest BCUT2D eigenvalue weighted by Gasteiger charge is -2.29. The zero-order valence-corrected chi connectivity index (χ0v) is 23.6. The average Bonchev–Trinajstić information content (AvgIpc) is 2.92. The molecule has 0 fully saturated rings. The number of aromatic hydroxyl groups is 1. The molecular formula is C34H38O6. The van der Waals surface area contributed by atoms with Crippen LogP contribution in [0.5, 0.6) is 11.5 Å². The Balaban J connectivity index is 1.64. The SMILES string of the molecule is C=Cc1ccc(CC(C)(C)OC(=O)C(Oc2ccc(C=CC=Cc3ccc(O)cc3)cc2)OC(C)OCC)cc1. The zero-order chi connectivity index (χ0) is 29.0. The Morgan fingerprint density at radius 1 is 0.900 bits per heavy atom. The van der Waals surface area contributed by atoms with Gasteiger partial charge in [-0.2, -0.15) is 0 Å². The van der Waals surface area contributed by atoms with Gasteiger partial charge in [0.1, 0.15) is 17.1 Å². The number of ether oxygens (including phenoxy) is 4. The van der Waals surface area contributed by atoms with E-state index in [4.69, 9.17) is 18.9 Å². The molecule has 0 aliphatic rings. The van der Waals surface area contributed by atoms with Crippen molar-refractivity contribution in [2.75, 3.05) is 6.61 Å². The molecule has 0 saturated heterocycles. The molecule has 3 aromatic carbocycles. The highest BCUT2D eigenvalue weighted by atomic mass is 16.8. The van der Waals surface area contributed by atoms with Crippen LogP contribution in [0, 0.1) is 0 Å². The fourth-order valence-corrected chi connectivity index (χ4v) is 3.90. The number of allylic oxidation sites excluding steroid dienone is 2. The van der Waals surface area contributed by atoms with Crippen molar-refractivity contribution in [3.8, 4) is 11.5 Å². The number of carbonyl (C=O) groups is 1. The molecular weight excluding hydrogens is 504 g/mol. The first-order valence-electron chi connectivity index (χ1n) is 13.3. The normalized spacial score (nSPS) is 13.3. The van der Waals surface area contributed by atoms with Crippen LogP contribution in [0.15, 0.2) is 91.5 Å². The summed E-state index contributed by atoms with van der Waals surface area (Å²) in [4.78, 5) is 13.2. The summed E-state index contributed by atoms with van der Waals surface area (Å²) >= 11 is 0. The third-order valence-corrected chi connectivity index (χ3v) is 5.84. The van der Waals surface area contributed by atoms with E-state index in [0.29, 0.717) is 18.8 Å². The number of rotatable bonds is 14. The summed E-state index contributed by atoms with van der Waals surface area (Å²) in [6.45, 7) is 11.5. The summed E-state index contributed by atoms with van der Waals surface area (Å²) in [5, 5.41) is 9.38.